The fourth-order valence-corrected chi connectivity index (χ4v) is 5.95. The van der Waals surface area contributed by atoms with E-state index in [1.54, 1.807) is 7.11 Å². The van der Waals surface area contributed by atoms with Crippen molar-refractivity contribution in [2.75, 3.05) is 7.11 Å². The van der Waals surface area contributed by atoms with E-state index in [9.17, 15) is 5.11 Å². The molecule has 2 saturated heterocycles. The van der Waals surface area contributed by atoms with Gasteiger partial charge >= 0.3 is 0 Å². The molecular weight excluding hydrogens is 292 g/mol. The van der Waals surface area contributed by atoms with Crippen molar-refractivity contribution in [2.45, 2.75) is 69.0 Å². The van der Waals surface area contributed by atoms with Gasteiger partial charge in [-0.15, -0.1) is 0 Å². The van der Waals surface area contributed by atoms with Crippen molar-refractivity contribution in [1.29, 1.82) is 0 Å². The highest BCUT2D eigenvalue weighted by molar-refractivity contribution is 5.46. The molecule has 1 aromatic rings. The third kappa shape index (κ3) is 1.53. The van der Waals surface area contributed by atoms with E-state index in [1.807, 2.05) is 13.0 Å². The number of rotatable bonds is 2. The summed E-state index contributed by atoms with van der Waals surface area (Å²) < 4.78 is 18.6. The normalized spacial score (nSPS) is 44.6. The Morgan fingerprint density at radius 3 is 2.87 bits per heavy atom. The first kappa shape index (κ1) is 14.3. The SMILES string of the molecule is COc1ccc2c(c1)[C@H]1O[C@@H]([C@H](C)O)[C@]34CCCC[C@]13C[C@H]2O4. The first-order valence-electron chi connectivity index (χ1n) is 8.80. The zero-order chi connectivity index (χ0) is 15.8. The molecule has 1 N–H and O–H groups in total. The van der Waals surface area contributed by atoms with Crippen molar-refractivity contribution >= 4 is 0 Å². The van der Waals surface area contributed by atoms with Gasteiger partial charge < -0.3 is 19.3 Å². The molecule has 1 aromatic carbocycles. The van der Waals surface area contributed by atoms with E-state index in [0.717, 1.165) is 31.4 Å². The summed E-state index contributed by atoms with van der Waals surface area (Å²) in [6.07, 6.45) is 4.97. The minimum absolute atomic E-state index is 0.0197. The Bertz CT molecular complexity index is 657. The highest BCUT2D eigenvalue weighted by Crippen LogP contribution is 2.74. The van der Waals surface area contributed by atoms with Gasteiger partial charge in [0.05, 0.1) is 25.4 Å². The number of fused-ring (bicyclic) bond motifs is 4. The summed E-state index contributed by atoms with van der Waals surface area (Å²) >= 11 is 0. The summed E-state index contributed by atoms with van der Waals surface area (Å²) in [5.41, 5.74) is 2.17. The number of hydrogen-bond acceptors (Lipinski definition) is 4. The smallest absolute Gasteiger partial charge is 0.119 e. The molecule has 4 aliphatic rings. The molecule has 1 spiro atoms. The van der Waals surface area contributed by atoms with Gasteiger partial charge in [0.2, 0.25) is 0 Å². The van der Waals surface area contributed by atoms with Crippen LogP contribution in [0.25, 0.3) is 0 Å². The lowest BCUT2D eigenvalue weighted by molar-refractivity contribution is -0.157. The zero-order valence-electron chi connectivity index (χ0n) is 13.7. The molecule has 0 amide bonds. The molecule has 23 heavy (non-hydrogen) atoms. The van der Waals surface area contributed by atoms with E-state index in [1.165, 1.54) is 17.5 Å². The van der Waals surface area contributed by atoms with Gasteiger partial charge in [-0.2, -0.15) is 0 Å². The molecule has 6 atom stereocenters. The van der Waals surface area contributed by atoms with Crippen LogP contribution in [0.4, 0.5) is 0 Å². The quantitative estimate of drug-likeness (QED) is 0.909. The maximum atomic E-state index is 10.4. The Morgan fingerprint density at radius 1 is 1.26 bits per heavy atom. The number of methoxy groups -OCH3 is 1. The maximum absolute atomic E-state index is 10.4. The van der Waals surface area contributed by atoms with Crippen LogP contribution in [-0.2, 0) is 9.47 Å². The van der Waals surface area contributed by atoms with Gasteiger partial charge in [-0.05, 0) is 49.4 Å². The molecule has 2 aliphatic carbocycles. The Labute approximate surface area is 136 Å². The molecule has 4 nitrogen and oxygen atoms in total. The summed E-state index contributed by atoms with van der Waals surface area (Å²) in [4.78, 5) is 0. The minimum atomic E-state index is -0.511. The predicted octanol–water partition coefficient (Wildman–Crippen LogP) is 3.29. The standard InChI is InChI=1S/C19H24O4/c1-11(20)16-19-8-4-3-7-18(19)10-15(23-19)13-6-5-12(21-2)9-14(13)17(18)22-16/h5-6,9,11,15-17,20H,3-4,7-8,10H2,1-2H3/t11-,15+,16-,17+,18-,19+/m0/s1. The van der Waals surface area contributed by atoms with Crippen molar-refractivity contribution in [3.05, 3.63) is 29.3 Å². The molecule has 2 heterocycles. The van der Waals surface area contributed by atoms with Crippen LogP contribution in [0.3, 0.4) is 0 Å². The van der Waals surface area contributed by atoms with E-state index in [4.69, 9.17) is 14.2 Å². The van der Waals surface area contributed by atoms with E-state index in [-0.39, 0.29) is 29.3 Å². The molecule has 1 saturated carbocycles. The second-order valence-electron chi connectivity index (χ2n) is 7.74. The van der Waals surface area contributed by atoms with Gasteiger partial charge in [-0.3, -0.25) is 0 Å². The highest BCUT2D eigenvalue weighted by atomic mass is 16.6. The lowest BCUT2D eigenvalue weighted by atomic mass is 9.56. The lowest BCUT2D eigenvalue weighted by Gasteiger charge is -2.46. The van der Waals surface area contributed by atoms with Gasteiger partial charge in [0.15, 0.2) is 0 Å². The van der Waals surface area contributed by atoms with Crippen LogP contribution in [0.15, 0.2) is 18.2 Å². The fraction of sp³-hybridized carbons (Fsp3) is 0.684. The van der Waals surface area contributed by atoms with E-state index >= 15 is 0 Å². The van der Waals surface area contributed by atoms with Crippen molar-refractivity contribution in [2.24, 2.45) is 5.41 Å². The average Bonchev–Trinajstić information content (AvgIpc) is 3.01. The fourth-order valence-electron chi connectivity index (χ4n) is 5.95. The summed E-state index contributed by atoms with van der Waals surface area (Å²) in [6.45, 7) is 1.84. The second kappa shape index (κ2) is 4.50. The Balaban J connectivity index is 1.72. The first-order valence-corrected chi connectivity index (χ1v) is 8.80. The average molecular weight is 316 g/mol. The van der Waals surface area contributed by atoms with Gasteiger partial charge in [0, 0.05) is 5.41 Å². The Kier molecular flexibility index (Phi) is 2.79. The Hall–Kier alpha value is -1.10. The lowest BCUT2D eigenvalue weighted by Crippen LogP contribution is -2.54. The van der Waals surface area contributed by atoms with Crippen LogP contribution >= 0.6 is 0 Å². The van der Waals surface area contributed by atoms with Crippen LogP contribution in [-0.4, -0.2) is 30.0 Å². The Morgan fingerprint density at radius 2 is 2.09 bits per heavy atom. The zero-order valence-corrected chi connectivity index (χ0v) is 13.7. The molecule has 2 aliphatic heterocycles. The minimum Gasteiger partial charge on any atom is -0.497 e. The topological polar surface area (TPSA) is 47.9 Å². The monoisotopic (exact) mass is 316 g/mol. The molecule has 5 rings (SSSR count). The third-order valence-electron chi connectivity index (χ3n) is 6.77. The molecule has 4 heteroatoms. The largest absolute Gasteiger partial charge is 0.497 e. The van der Waals surface area contributed by atoms with Gasteiger partial charge in [-0.25, -0.2) is 0 Å². The van der Waals surface area contributed by atoms with Crippen LogP contribution < -0.4 is 4.74 Å². The van der Waals surface area contributed by atoms with Crippen molar-refractivity contribution in [1.82, 2.24) is 0 Å². The number of benzene rings is 1. The number of ether oxygens (including phenoxy) is 3. The summed E-state index contributed by atoms with van der Waals surface area (Å²) in [7, 11) is 1.70. The molecule has 124 valence electrons. The third-order valence-corrected chi connectivity index (χ3v) is 6.77. The highest BCUT2D eigenvalue weighted by Gasteiger charge is 2.75. The van der Waals surface area contributed by atoms with E-state index in [2.05, 4.69) is 12.1 Å². The molecule has 0 aromatic heterocycles. The van der Waals surface area contributed by atoms with Crippen LogP contribution in [0.5, 0.6) is 5.75 Å². The first-order chi connectivity index (χ1) is 11.1. The number of aliphatic hydroxyl groups is 1. The van der Waals surface area contributed by atoms with Crippen molar-refractivity contribution in [3.8, 4) is 5.75 Å². The van der Waals surface area contributed by atoms with Crippen molar-refractivity contribution in [3.63, 3.8) is 0 Å². The second-order valence-corrected chi connectivity index (χ2v) is 7.74. The van der Waals surface area contributed by atoms with Gasteiger partial charge in [0.1, 0.15) is 17.5 Å². The molecule has 3 fully saturated rings. The van der Waals surface area contributed by atoms with E-state index < -0.39 is 6.10 Å². The van der Waals surface area contributed by atoms with Crippen molar-refractivity contribution < 1.29 is 19.3 Å². The van der Waals surface area contributed by atoms with Gasteiger partial charge in [-0.1, -0.05) is 18.9 Å². The van der Waals surface area contributed by atoms with Gasteiger partial charge in [0.25, 0.3) is 0 Å². The predicted molar refractivity (Wildman–Crippen MR) is 84.4 cm³/mol. The summed E-state index contributed by atoms with van der Waals surface area (Å²) in [5.74, 6) is 0.868. The van der Waals surface area contributed by atoms with E-state index in [0.29, 0.717) is 0 Å². The number of hydrogen-bond donors (Lipinski definition) is 1. The maximum Gasteiger partial charge on any atom is 0.119 e. The molecular formula is C19H24O4. The van der Waals surface area contributed by atoms with Crippen LogP contribution in [0.1, 0.15) is 62.4 Å². The summed E-state index contributed by atoms with van der Waals surface area (Å²) in [6, 6.07) is 6.27. The molecule has 0 radical (unpaired) electrons. The van der Waals surface area contributed by atoms with Crippen LogP contribution in [0, 0.1) is 5.41 Å². The van der Waals surface area contributed by atoms with Crippen LogP contribution in [0.2, 0.25) is 0 Å². The summed E-state index contributed by atoms with van der Waals surface area (Å²) in [5, 5.41) is 10.4. The molecule has 0 unspecified atom stereocenters. The number of aliphatic hydroxyl groups excluding tert-OH is 1. The molecule has 2 bridgehead atoms.